The van der Waals surface area contributed by atoms with Crippen LogP contribution in [0.2, 0.25) is 5.02 Å². The van der Waals surface area contributed by atoms with Crippen LogP contribution in [-0.4, -0.2) is 32.6 Å². The normalized spacial score (nSPS) is 16.7. The second-order valence-electron chi connectivity index (χ2n) is 5.26. The van der Waals surface area contributed by atoms with Crippen molar-refractivity contribution in [2.75, 3.05) is 11.9 Å². The molecule has 5 heteroatoms. The van der Waals surface area contributed by atoms with Crippen LogP contribution in [0.4, 0.5) is 0 Å². The summed E-state index contributed by atoms with van der Waals surface area (Å²) in [4.78, 5) is 2.57. The van der Waals surface area contributed by atoms with Gasteiger partial charge in [0.25, 0.3) is 0 Å². The molecule has 1 aromatic heterocycles. The zero-order valence-corrected chi connectivity index (χ0v) is 14.2. The minimum Gasteiger partial charge on any atom is -0.294 e. The number of aromatic nitrogens is 2. The molecule has 0 bridgehead atoms. The molecule has 3 nitrogen and oxygen atoms in total. The lowest BCUT2D eigenvalue weighted by Crippen LogP contribution is -2.35. The molecule has 0 aromatic carbocycles. The van der Waals surface area contributed by atoms with Crippen LogP contribution in [0.5, 0.6) is 0 Å². The highest BCUT2D eigenvalue weighted by Gasteiger charge is 2.24. The monoisotopic (exact) mass is 347 g/mol. The number of alkyl halides is 1. The average Bonchev–Trinajstić information content (AvgIpc) is 3.01. The number of rotatable bonds is 6. The molecule has 0 saturated heterocycles. The Kier molecular flexibility index (Phi) is 5.72. The molecule has 2 rings (SSSR count). The largest absolute Gasteiger partial charge is 0.294 e. The van der Waals surface area contributed by atoms with Gasteiger partial charge in [-0.2, -0.15) is 5.10 Å². The van der Waals surface area contributed by atoms with E-state index in [1.807, 2.05) is 11.6 Å². The van der Waals surface area contributed by atoms with Crippen molar-refractivity contribution in [3.63, 3.8) is 0 Å². The van der Waals surface area contributed by atoms with Gasteiger partial charge in [0, 0.05) is 31.0 Å². The summed E-state index contributed by atoms with van der Waals surface area (Å²) in [5.74, 6) is 0. The van der Waals surface area contributed by atoms with E-state index in [0.29, 0.717) is 6.04 Å². The van der Waals surface area contributed by atoms with Crippen molar-refractivity contribution < 1.29 is 0 Å². The van der Waals surface area contributed by atoms with Gasteiger partial charge in [-0.25, -0.2) is 0 Å². The molecule has 0 atom stereocenters. The Bertz CT molecular complexity index is 413. The average molecular weight is 349 g/mol. The second-order valence-corrected chi connectivity index (χ2v) is 6.43. The molecule has 1 heterocycles. The van der Waals surface area contributed by atoms with Crippen LogP contribution < -0.4 is 0 Å². The molecule has 1 aliphatic carbocycles. The summed E-state index contributed by atoms with van der Waals surface area (Å²) in [5, 5.41) is 6.38. The lowest BCUT2D eigenvalue weighted by atomic mass is 10.2. The fourth-order valence-electron chi connectivity index (χ4n) is 2.98. The van der Waals surface area contributed by atoms with E-state index in [-0.39, 0.29) is 0 Å². The first-order valence-corrected chi connectivity index (χ1v) is 8.69. The van der Waals surface area contributed by atoms with Gasteiger partial charge in [0.1, 0.15) is 0 Å². The maximum atomic E-state index is 6.42. The molecule has 0 aliphatic heterocycles. The van der Waals surface area contributed by atoms with Gasteiger partial charge in [0.15, 0.2) is 0 Å². The first-order valence-electron chi connectivity index (χ1n) is 7.19. The van der Waals surface area contributed by atoms with Crippen molar-refractivity contribution in [1.29, 1.82) is 0 Å². The summed E-state index contributed by atoms with van der Waals surface area (Å²) >= 11 is 9.99. The van der Waals surface area contributed by atoms with Gasteiger partial charge >= 0.3 is 0 Å². The van der Waals surface area contributed by atoms with Crippen LogP contribution in [0.25, 0.3) is 0 Å². The van der Waals surface area contributed by atoms with Crippen molar-refractivity contribution in [3.8, 4) is 0 Å². The first-order chi connectivity index (χ1) is 9.17. The highest BCUT2D eigenvalue weighted by Crippen LogP contribution is 2.28. The van der Waals surface area contributed by atoms with E-state index in [1.54, 1.807) is 0 Å². The van der Waals surface area contributed by atoms with Gasteiger partial charge in [-0.15, -0.1) is 0 Å². The van der Waals surface area contributed by atoms with E-state index in [4.69, 9.17) is 11.6 Å². The molecule has 1 saturated carbocycles. The Morgan fingerprint density at radius 3 is 2.68 bits per heavy atom. The van der Waals surface area contributed by atoms with Gasteiger partial charge < -0.3 is 0 Å². The third-order valence-electron chi connectivity index (χ3n) is 4.02. The van der Waals surface area contributed by atoms with Gasteiger partial charge in [-0.05, 0) is 26.7 Å². The van der Waals surface area contributed by atoms with Crippen molar-refractivity contribution in [3.05, 3.63) is 16.4 Å². The minimum absolute atomic E-state index is 0.717. The van der Waals surface area contributed by atoms with E-state index in [0.717, 1.165) is 35.7 Å². The van der Waals surface area contributed by atoms with Crippen molar-refractivity contribution in [2.45, 2.75) is 58.7 Å². The van der Waals surface area contributed by atoms with Gasteiger partial charge in [0.05, 0.1) is 16.4 Å². The summed E-state index contributed by atoms with van der Waals surface area (Å²) in [6.45, 7) is 6.99. The Labute approximate surface area is 129 Å². The van der Waals surface area contributed by atoms with Crippen molar-refractivity contribution >= 4 is 27.5 Å². The molecule has 108 valence electrons. The third-order valence-corrected chi connectivity index (χ3v) is 4.86. The van der Waals surface area contributed by atoms with E-state index in [2.05, 4.69) is 32.9 Å². The Morgan fingerprint density at radius 1 is 1.42 bits per heavy atom. The SMILES string of the molecule is CCn1nc(C)c(Cl)c1CN(CCBr)C1CCCC1. The lowest BCUT2D eigenvalue weighted by molar-refractivity contribution is 0.197. The summed E-state index contributed by atoms with van der Waals surface area (Å²) in [6.07, 6.45) is 5.38. The smallest absolute Gasteiger partial charge is 0.0860 e. The highest BCUT2D eigenvalue weighted by molar-refractivity contribution is 9.09. The zero-order valence-electron chi connectivity index (χ0n) is 11.8. The zero-order chi connectivity index (χ0) is 13.8. The summed E-state index contributed by atoms with van der Waals surface area (Å²) in [5.41, 5.74) is 2.12. The number of hydrogen-bond donors (Lipinski definition) is 0. The summed E-state index contributed by atoms with van der Waals surface area (Å²) in [7, 11) is 0. The number of nitrogens with zero attached hydrogens (tertiary/aromatic N) is 3. The minimum atomic E-state index is 0.717. The van der Waals surface area contributed by atoms with E-state index < -0.39 is 0 Å². The van der Waals surface area contributed by atoms with Crippen molar-refractivity contribution in [1.82, 2.24) is 14.7 Å². The van der Waals surface area contributed by atoms with Crippen LogP contribution in [0.15, 0.2) is 0 Å². The fourth-order valence-corrected chi connectivity index (χ4v) is 3.63. The molecule has 0 spiro atoms. The van der Waals surface area contributed by atoms with E-state index in [1.165, 1.54) is 31.4 Å². The molecule has 1 fully saturated rings. The van der Waals surface area contributed by atoms with Crippen LogP contribution >= 0.6 is 27.5 Å². The molecule has 1 aliphatic rings. The van der Waals surface area contributed by atoms with E-state index in [9.17, 15) is 0 Å². The van der Waals surface area contributed by atoms with Crippen LogP contribution in [0.1, 0.15) is 44.0 Å². The van der Waals surface area contributed by atoms with Gasteiger partial charge in [0.2, 0.25) is 0 Å². The van der Waals surface area contributed by atoms with Crippen molar-refractivity contribution in [2.24, 2.45) is 0 Å². The predicted octanol–water partition coefficient (Wildman–Crippen LogP) is 4.00. The Balaban J connectivity index is 2.16. The van der Waals surface area contributed by atoms with Gasteiger partial charge in [-0.3, -0.25) is 9.58 Å². The molecule has 0 radical (unpaired) electrons. The van der Waals surface area contributed by atoms with E-state index >= 15 is 0 Å². The number of hydrogen-bond acceptors (Lipinski definition) is 2. The molecular weight excluding hydrogens is 326 g/mol. The Morgan fingerprint density at radius 2 is 2.11 bits per heavy atom. The topological polar surface area (TPSA) is 21.1 Å². The quantitative estimate of drug-likeness (QED) is 0.724. The summed E-state index contributed by atoms with van der Waals surface area (Å²) < 4.78 is 2.05. The van der Waals surface area contributed by atoms with Crippen LogP contribution in [0.3, 0.4) is 0 Å². The number of aryl methyl sites for hydroxylation is 2. The van der Waals surface area contributed by atoms with Gasteiger partial charge in [-0.1, -0.05) is 40.4 Å². The fraction of sp³-hybridized carbons (Fsp3) is 0.786. The molecule has 19 heavy (non-hydrogen) atoms. The predicted molar refractivity (Wildman–Crippen MR) is 84.1 cm³/mol. The molecule has 0 N–H and O–H groups in total. The molecule has 1 aromatic rings. The molecule has 0 unspecified atom stereocenters. The second kappa shape index (κ2) is 7.09. The maximum absolute atomic E-state index is 6.42. The third kappa shape index (κ3) is 3.53. The molecule has 0 amide bonds. The summed E-state index contributed by atoms with van der Waals surface area (Å²) in [6, 6.07) is 0.717. The number of halogens is 2. The molecular formula is C14H23BrClN3. The highest BCUT2D eigenvalue weighted by atomic mass is 79.9. The Hall–Kier alpha value is -0.0600. The lowest BCUT2D eigenvalue weighted by Gasteiger charge is -2.28. The standard InChI is InChI=1S/C14H23BrClN3/c1-3-19-13(14(16)11(2)17-19)10-18(9-8-15)12-6-4-5-7-12/h12H,3-10H2,1-2H3. The first kappa shape index (κ1) is 15.3. The van der Waals surface area contributed by atoms with Crippen LogP contribution in [-0.2, 0) is 13.1 Å². The maximum Gasteiger partial charge on any atom is 0.0860 e. The van der Waals surface area contributed by atoms with Crippen LogP contribution in [0, 0.1) is 6.92 Å².